The molecule has 1 aliphatic carbocycles. The van der Waals surface area contributed by atoms with E-state index in [2.05, 4.69) is 16.2 Å². The van der Waals surface area contributed by atoms with Gasteiger partial charge in [-0.05, 0) is 49.5 Å². The molecule has 0 saturated carbocycles. The van der Waals surface area contributed by atoms with Gasteiger partial charge >= 0.3 is 23.9 Å². The highest BCUT2D eigenvalue weighted by Gasteiger charge is 2.52. The third-order valence-corrected chi connectivity index (χ3v) is 6.95. The zero-order valence-electron chi connectivity index (χ0n) is 23.8. The molecule has 5 atom stereocenters. The van der Waals surface area contributed by atoms with Crippen LogP contribution < -0.4 is 16.2 Å². The fourth-order valence-corrected chi connectivity index (χ4v) is 5.31. The number of pyridine rings is 1. The maximum atomic E-state index is 12.1. The molecular formula is C28H34N4O9S. The van der Waals surface area contributed by atoms with Crippen LogP contribution in [0.2, 0.25) is 0 Å². The lowest BCUT2D eigenvalue weighted by Gasteiger charge is -2.44. The van der Waals surface area contributed by atoms with Crippen molar-refractivity contribution in [2.24, 2.45) is 0 Å². The first-order valence-electron chi connectivity index (χ1n) is 13.6. The number of fused-ring (bicyclic) bond motifs is 2. The number of carbonyl (C=O) groups excluding carboxylic acids is 4. The number of esters is 4. The molecule has 2 aliphatic rings. The topological polar surface area (TPSA) is 163 Å². The summed E-state index contributed by atoms with van der Waals surface area (Å²) in [4.78, 5) is 52.5. The first kappa shape index (κ1) is 30.9. The van der Waals surface area contributed by atoms with Crippen molar-refractivity contribution in [3.05, 3.63) is 35.5 Å². The standard InChI is InChI=1S/C28H34N4O9S/c1-14(33)37-13-22-24(38-15(2)34)25(39-16(3)35)26(40-17(4)36)27(41-22)30-28(42)32-31-23-18-9-5-7-11-20(18)29-21-12-8-6-10-19(21)23/h5,7,9,11,22,24-27H,6,8,10,12-13H2,1-4H3,(H,29,31)(H2,30,32,42)/t22-,24-,25+,26+,27-/m1/s1. The van der Waals surface area contributed by atoms with Crippen molar-refractivity contribution >= 4 is 57.8 Å². The van der Waals surface area contributed by atoms with Crippen LogP contribution in [0.5, 0.6) is 0 Å². The maximum absolute atomic E-state index is 12.1. The number of hydrogen-bond donors (Lipinski definition) is 3. The molecule has 1 saturated heterocycles. The first-order chi connectivity index (χ1) is 20.0. The van der Waals surface area contributed by atoms with Crippen molar-refractivity contribution in [2.45, 2.75) is 84.0 Å². The molecule has 1 aromatic carbocycles. The Morgan fingerprint density at radius 1 is 0.905 bits per heavy atom. The second kappa shape index (κ2) is 13.7. The van der Waals surface area contributed by atoms with Crippen molar-refractivity contribution in [1.29, 1.82) is 0 Å². The molecule has 2 aromatic rings. The molecule has 1 aromatic heterocycles. The summed E-state index contributed by atoms with van der Waals surface area (Å²) in [5.74, 6) is -2.75. The average molecular weight is 603 g/mol. The fourth-order valence-electron chi connectivity index (χ4n) is 5.14. The Kier molecular flexibility index (Phi) is 10.1. The number of carbonyl (C=O) groups is 4. The van der Waals surface area contributed by atoms with E-state index in [4.69, 9.17) is 40.9 Å². The largest absolute Gasteiger partial charge is 0.463 e. The summed E-state index contributed by atoms with van der Waals surface area (Å²) in [6, 6.07) is 7.78. The van der Waals surface area contributed by atoms with E-state index in [1.165, 1.54) is 13.8 Å². The van der Waals surface area contributed by atoms with Crippen LogP contribution in [0.3, 0.4) is 0 Å². The van der Waals surface area contributed by atoms with Crippen LogP contribution >= 0.6 is 12.2 Å². The summed E-state index contributed by atoms with van der Waals surface area (Å²) in [5, 5.41) is 3.91. The molecule has 13 nitrogen and oxygen atoms in total. The van der Waals surface area contributed by atoms with E-state index in [1.54, 1.807) is 0 Å². The lowest BCUT2D eigenvalue weighted by molar-refractivity contribution is -0.254. The average Bonchev–Trinajstić information content (AvgIpc) is 2.92. The summed E-state index contributed by atoms with van der Waals surface area (Å²) in [5.41, 5.74) is 10.0. The van der Waals surface area contributed by atoms with E-state index >= 15 is 0 Å². The zero-order valence-corrected chi connectivity index (χ0v) is 24.6. The Labute approximate surface area is 247 Å². The fraction of sp³-hybridized carbons (Fsp3) is 0.500. The van der Waals surface area contributed by atoms with Gasteiger partial charge in [0.15, 0.2) is 29.7 Å². The number of thiocarbonyl (C=S) groups is 1. The molecule has 0 amide bonds. The van der Waals surface area contributed by atoms with Gasteiger partial charge in [-0.1, -0.05) is 18.2 Å². The van der Waals surface area contributed by atoms with Gasteiger partial charge in [-0.15, -0.1) is 0 Å². The minimum absolute atomic E-state index is 0.0568. The number of ether oxygens (including phenoxy) is 5. The Morgan fingerprint density at radius 2 is 1.55 bits per heavy atom. The van der Waals surface area contributed by atoms with E-state index in [9.17, 15) is 19.2 Å². The third kappa shape index (κ3) is 7.62. The SMILES string of the molecule is CC(=O)OC[C@H]1O[C@@H](NC(=S)NNc2c3c(nc4ccccc24)CCCC3)[C@@H](OC(C)=O)[C@@H](OC(C)=O)[C@@H]1OC(C)=O. The quantitative estimate of drug-likeness (QED) is 0.174. The summed E-state index contributed by atoms with van der Waals surface area (Å²) in [7, 11) is 0. The van der Waals surface area contributed by atoms with Crippen molar-refractivity contribution in [3.63, 3.8) is 0 Å². The molecule has 3 N–H and O–H groups in total. The second-order valence-electron chi connectivity index (χ2n) is 9.98. The molecule has 0 unspecified atom stereocenters. The number of aryl methyl sites for hydroxylation is 1. The van der Waals surface area contributed by atoms with Gasteiger partial charge in [-0.3, -0.25) is 35.0 Å². The molecule has 2 heterocycles. The maximum Gasteiger partial charge on any atom is 0.303 e. The minimum Gasteiger partial charge on any atom is -0.463 e. The van der Waals surface area contributed by atoms with Gasteiger partial charge in [0.25, 0.3) is 0 Å². The van der Waals surface area contributed by atoms with Crippen LogP contribution in [0.25, 0.3) is 10.9 Å². The van der Waals surface area contributed by atoms with Gasteiger partial charge in [0.2, 0.25) is 0 Å². The molecule has 1 aliphatic heterocycles. The van der Waals surface area contributed by atoms with Crippen LogP contribution in [-0.2, 0) is 55.7 Å². The molecule has 226 valence electrons. The van der Waals surface area contributed by atoms with Gasteiger partial charge in [0, 0.05) is 38.8 Å². The van der Waals surface area contributed by atoms with Gasteiger partial charge in [-0.2, -0.15) is 0 Å². The van der Waals surface area contributed by atoms with Crippen LogP contribution in [0.4, 0.5) is 5.69 Å². The lowest BCUT2D eigenvalue weighted by Crippen LogP contribution is -2.67. The second-order valence-corrected chi connectivity index (χ2v) is 10.4. The third-order valence-electron chi connectivity index (χ3n) is 6.73. The van der Waals surface area contributed by atoms with Crippen molar-refractivity contribution < 1.29 is 42.9 Å². The number of nitrogens with one attached hydrogen (secondary N) is 3. The Morgan fingerprint density at radius 3 is 2.24 bits per heavy atom. The smallest absolute Gasteiger partial charge is 0.303 e. The molecule has 4 rings (SSSR count). The van der Waals surface area contributed by atoms with E-state index in [1.807, 2.05) is 24.3 Å². The van der Waals surface area contributed by atoms with Gasteiger partial charge in [-0.25, -0.2) is 0 Å². The van der Waals surface area contributed by atoms with Crippen molar-refractivity contribution in [1.82, 2.24) is 15.7 Å². The molecule has 0 bridgehead atoms. The Balaban J connectivity index is 1.59. The zero-order chi connectivity index (χ0) is 30.4. The molecule has 0 spiro atoms. The predicted octanol–water partition coefficient (Wildman–Crippen LogP) is 1.99. The summed E-state index contributed by atoms with van der Waals surface area (Å²) >= 11 is 5.55. The predicted molar refractivity (Wildman–Crippen MR) is 153 cm³/mol. The van der Waals surface area contributed by atoms with Crippen LogP contribution in [0, 0.1) is 0 Å². The van der Waals surface area contributed by atoms with E-state index in [0.29, 0.717) is 0 Å². The number of nitrogens with zero attached hydrogens (tertiary/aromatic N) is 1. The van der Waals surface area contributed by atoms with Gasteiger partial charge < -0.3 is 29.0 Å². The normalized spacial score (nSPS) is 23.1. The highest BCUT2D eigenvalue weighted by atomic mass is 32.1. The Bertz CT molecular complexity index is 1370. The lowest BCUT2D eigenvalue weighted by atomic mass is 9.93. The number of hydrazine groups is 1. The number of benzene rings is 1. The number of anilines is 1. The summed E-state index contributed by atoms with van der Waals surface area (Å²) < 4.78 is 27.5. The van der Waals surface area contributed by atoms with Crippen LogP contribution in [-0.4, -0.2) is 71.2 Å². The number of para-hydroxylation sites is 1. The number of aromatic nitrogens is 1. The minimum atomic E-state index is -1.31. The first-order valence-corrected chi connectivity index (χ1v) is 14.0. The van der Waals surface area contributed by atoms with E-state index < -0.39 is 54.5 Å². The molecule has 0 radical (unpaired) electrons. The molecule has 1 fully saturated rings. The number of rotatable bonds is 8. The van der Waals surface area contributed by atoms with Gasteiger partial charge in [0.05, 0.1) is 11.2 Å². The van der Waals surface area contributed by atoms with Gasteiger partial charge in [0.1, 0.15) is 12.7 Å². The Hall–Kier alpha value is -4.04. The van der Waals surface area contributed by atoms with Crippen LogP contribution in [0.1, 0.15) is 51.8 Å². The molecule has 14 heteroatoms. The monoisotopic (exact) mass is 602 g/mol. The van der Waals surface area contributed by atoms with E-state index in [-0.39, 0.29) is 11.7 Å². The number of hydrogen-bond acceptors (Lipinski definition) is 12. The summed E-state index contributed by atoms with van der Waals surface area (Å²) in [6.45, 7) is 4.35. The van der Waals surface area contributed by atoms with Crippen molar-refractivity contribution in [3.8, 4) is 0 Å². The highest BCUT2D eigenvalue weighted by molar-refractivity contribution is 7.80. The molecular weight excluding hydrogens is 568 g/mol. The summed E-state index contributed by atoms with van der Waals surface area (Å²) in [6.07, 6.45) is -2.33. The highest BCUT2D eigenvalue weighted by Crippen LogP contribution is 2.33. The van der Waals surface area contributed by atoms with Crippen LogP contribution in [0.15, 0.2) is 24.3 Å². The molecule has 42 heavy (non-hydrogen) atoms. The van der Waals surface area contributed by atoms with Crippen molar-refractivity contribution in [2.75, 3.05) is 12.0 Å². The van der Waals surface area contributed by atoms with E-state index in [0.717, 1.165) is 67.4 Å².